The van der Waals surface area contributed by atoms with E-state index in [1.54, 1.807) is 39.9 Å². The number of rotatable bonds is 2. The molecule has 1 fully saturated rings. The van der Waals surface area contributed by atoms with E-state index in [0.717, 1.165) is 5.69 Å². The van der Waals surface area contributed by atoms with E-state index in [1.807, 2.05) is 17.9 Å². The van der Waals surface area contributed by atoms with Gasteiger partial charge in [0, 0.05) is 37.9 Å². The second-order valence-electron chi connectivity index (χ2n) is 6.11. The van der Waals surface area contributed by atoms with Crippen LogP contribution in [-0.4, -0.2) is 51.6 Å². The van der Waals surface area contributed by atoms with Crippen LogP contribution in [0.25, 0.3) is 5.65 Å². The first kappa shape index (κ1) is 15.6. The Kier molecular flexibility index (Phi) is 3.83. The number of piperazine rings is 1. The second-order valence-corrected chi connectivity index (χ2v) is 6.11. The molecule has 0 spiro atoms. The van der Waals surface area contributed by atoms with Crippen LogP contribution in [0.4, 0.5) is 10.1 Å². The molecule has 0 N–H and O–H groups in total. The van der Waals surface area contributed by atoms with E-state index in [-0.39, 0.29) is 11.7 Å². The van der Waals surface area contributed by atoms with Gasteiger partial charge in [0.25, 0.3) is 5.91 Å². The van der Waals surface area contributed by atoms with Crippen molar-refractivity contribution >= 4 is 17.2 Å². The minimum Gasteiger partial charge on any atom is -0.366 e. The summed E-state index contributed by atoms with van der Waals surface area (Å²) >= 11 is 0. The van der Waals surface area contributed by atoms with Gasteiger partial charge in [0.05, 0.1) is 11.9 Å². The second kappa shape index (κ2) is 6.16. The number of hydrogen-bond acceptors (Lipinski definition) is 4. The highest BCUT2D eigenvalue weighted by atomic mass is 19.1. The SMILES string of the molecule is Cc1cc(C(=O)N2CCN(c3ccccc3F)CC2)nc2ccnn12. The third-order valence-corrected chi connectivity index (χ3v) is 4.52. The lowest BCUT2D eigenvalue weighted by Crippen LogP contribution is -2.49. The van der Waals surface area contributed by atoms with Crippen LogP contribution in [0.3, 0.4) is 0 Å². The molecule has 3 aromatic rings. The van der Waals surface area contributed by atoms with Crippen LogP contribution >= 0.6 is 0 Å². The molecule has 4 rings (SSSR count). The van der Waals surface area contributed by atoms with E-state index in [2.05, 4.69) is 10.1 Å². The lowest BCUT2D eigenvalue weighted by atomic mass is 10.2. The molecule has 7 heteroatoms. The third-order valence-electron chi connectivity index (χ3n) is 4.52. The zero-order valence-corrected chi connectivity index (χ0v) is 13.9. The standard InChI is InChI=1S/C18H18FN5O/c1-13-12-15(21-17-6-7-20-24(13)17)18(25)23-10-8-22(9-11-23)16-5-3-2-4-14(16)19/h2-7,12H,8-11H2,1H3. The fourth-order valence-corrected chi connectivity index (χ4v) is 3.20. The summed E-state index contributed by atoms with van der Waals surface area (Å²) < 4.78 is 15.6. The van der Waals surface area contributed by atoms with Gasteiger partial charge in [0.1, 0.15) is 11.5 Å². The molecule has 1 aliphatic rings. The minimum atomic E-state index is -0.231. The van der Waals surface area contributed by atoms with Crippen molar-refractivity contribution in [1.29, 1.82) is 0 Å². The van der Waals surface area contributed by atoms with Gasteiger partial charge in [-0.1, -0.05) is 12.1 Å². The van der Waals surface area contributed by atoms with Crippen LogP contribution < -0.4 is 4.90 Å². The van der Waals surface area contributed by atoms with E-state index in [1.165, 1.54) is 6.07 Å². The van der Waals surface area contributed by atoms with Gasteiger partial charge in [0.2, 0.25) is 0 Å². The summed E-state index contributed by atoms with van der Waals surface area (Å²) in [5.41, 5.74) is 2.53. The fraction of sp³-hybridized carbons (Fsp3) is 0.278. The molecule has 6 nitrogen and oxygen atoms in total. The molecule has 0 saturated carbocycles. The summed E-state index contributed by atoms with van der Waals surface area (Å²) in [6, 6.07) is 10.3. The number of fused-ring (bicyclic) bond motifs is 1. The summed E-state index contributed by atoms with van der Waals surface area (Å²) in [5.74, 6) is -0.328. The number of para-hydroxylation sites is 1. The maximum Gasteiger partial charge on any atom is 0.272 e. The van der Waals surface area contributed by atoms with E-state index in [4.69, 9.17) is 0 Å². The summed E-state index contributed by atoms with van der Waals surface area (Å²) in [5, 5.41) is 4.17. The summed E-state index contributed by atoms with van der Waals surface area (Å²) in [6.45, 7) is 4.17. The van der Waals surface area contributed by atoms with Gasteiger partial charge in [0.15, 0.2) is 5.65 Å². The summed E-state index contributed by atoms with van der Waals surface area (Å²) in [7, 11) is 0. The molecule has 0 bridgehead atoms. The van der Waals surface area contributed by atoms with Crippen molar-refractivity contribution in [1.82, 2.24) is 19.5 Å². The quantitative estimate of drug-likeness (QED) is 0.718. The van der Waals surface area contributed by atoms with Gasteiger partial charge in [-0.2, -0.15) is 5.10 Å². The van der Waals surface area contributed by atoms with Crippen LogP contribution in [-0.2, 0) is 0 Å². The molecule has 1 amide bonds. The van der Waals surface area contributed by atoms with Gasteiger partial charge in [-0.05, 0) is 25.1 Å². The number of anilines is 1. The Labute approximate surface area is 144 Å². The zero-order chi connectivity index (χ0) is 17.4. The van der Waals surface area contributed by atoms with Crippen molar-refractivity contribution in [3.63, 3.8) is 0 Å². The first-order chi connectivity index (χ1) is 12.1. The first-order valence-corrected chi connectivity index (χ1v) is 8.23. The highest BCUT2D eigenvalue weighted by Crippen LogP contribution is 2.20. The number of benzene rings is 1. The molecule has 25 heavy (non-hydrogen) atoms. The van der Waals surface area contributed by atoms with E-state index >= 15 is 0 Å². The third kappa shape index (κ3) is 2.82. The molecule has 1 aliphatic heterocycles. The smallest absolute Gasteiger partial charge is 0.272 e. The number of nitrogens with zero attached hydrogens (tertiary/aromatic N) is 5. The van der Waals surface area contributed by atoms with E-state index in [0.29, 0.717) is 43.2 Å². The number of halogens is 1. The van der Waals surface area contributed by atoms with Crippen LogP contribution in [0.5, 0.6) is 0 Å². The van der Waals surface area contributed by atoms with Gasteiger partial charge < -0.3 is 9.80 Å². The number of aromatic nitrogens is 3. The monoisotopic (exact) mass is 339 g/mol. The Morgan fingerprint density at radius 1 is 1.12 bits per heavy atom. The average Bonchev–Trinajstić information content (AvgIpc) is 3.11. The predicted molar refractivity (Wildman–Crippen MR) is 92.2 cm³/mol. The zero-order valence-electron chi connectivity index (χ0n) is 13.9. The summed E-state index contributed by atoms with van der Waals surface area (Å²) in [6.07, 6.45) is 1.66. The topological polar surface area (TPSA) is 53.7 Å². The highest BCUT2D eigenvalue weighted by Gasteiger charge is 2.24. The van der Waals surface area contributed by atoms with Crippen molar-refractivity contribution in [3.05, 3.63) is 59.8 Å². The molecular formula is C18H18FN5O. The molecule has 3 heterocycles. The van der Waals surface area contributed by atoms with Crippen LogP contribution in [0.2, 0.25) is 0 Å². The molecule has 1 aromatic carbocycles. The highest BCUT2D eigenvalue weighted by molar-refractivity contribution is 5.93. The minimum absolute atomic E-state index is 0.0972. The molecule has 0 radical (unpaired) electrons. The molecular weight excluding hydrogens is 321 g/mol. The maximum atomic E-state index is 13.9. The van der Waals surface area contributed by atoms with Crippen molar-refractivity contribution in [2.24, 2.45) is 0 Å². The number of hydrogen-bond donors (Lipinski definition) is 0. The average molecular weight is 339 g/mol. The molecule has 128 valence electrons. The molecule has 1 saturated heterocycles. The summed E-state index contributed by atoms with van der Waals surface area (Å²) in [4.78, 5) is 20.9. The Balaban J connectivity index is 1.50. The van der Waals surface area contributed by atoms with Gasteiger partial charge >= 0.3 is 0 Å². The van der Waals surface area contributed by atoms with Crippen LogP contribution in [0, 0.1) is 12.7 Å². The van der Waals surface area contributed by atoms with Crippen LogP contribution in [0.1, 0.15) is 16.2 Å². The van der Waals surface area contributed by atoms with Crippen molar-refractivity contribution in [2.45, 2.75) is 6.92 Å². The Bertz CT molecular complexity index is 930. The fourth-order valence-electron chi connectivity index (χ4n) is 3.20. The Morgan fingerprint density at radius 2 is 1.88 bits per heavy atom. The first-order valence-electron chi connectivity index (χ1n) is 8.23. The van der Waals surface area contributed by atoms with Gasteiger partial charge in [-0.3, -0.25) is 4.79 Å². The van der Waals surface area contributed by atoms with Crippen LogP contribution in [0.15, 0.2) is 42.6 Å². The normalized spacial score (nSPS) is 15.0. The molecule has 0 aliphatic carbocycles. The van der Waals surface area contributed by atoms with Gasteiger partial charge in [-0.15, -0.1) is 0 Å². The lowest BCUT2D eigenvalue weighted by molar-refractivity contribution is 0.0740. The van der Waals surface area contributed by atoms with E-state index < -0.39 is 0 Å². The molecule has 2 aromatic heterocycles. The Morgan fingerprint density at radius 3 is 2.64 bits per heavy atom. The lowest BCUT2D eigenvalue weighted by Gasteiger charge is -2.36. The van der Waals surface area contributed by atoms with Crippen molar-refractivity contribution in [2.75, 3.05) is 31.1 Å². The molecule has 0 atom stereocenters. The number of amides is 1. The number of aryl methyl sites for hydroxylation is 1. The van der Waals surface area contributed by atoms with Crippen molar-refractivity contribution < 1.29 is 9.18 Å². The number of carbonyl (C=O) groups excluding carboxylic acids is 1. The largest absolute Gasteiger partial charge is 0.366 e. The predicted octanol–water partition coefficient (Wildman–Crippen LogP) is 2.14. The van der Waals surface area contributed by atoms with Crippen molar-refractivity contribution in [3.8, 4) is 0 Å². The maximum absolute atomic E-state index is 13.9. The Hall–Kier alpha value is -2.96. The number of carbonyl (C=O) groups is 1. The molecule has 0 unspecified atom stereocenters. The van der Waals surface area contributed by atoms with Gasteiger partial charge in [-0.25, -0.2) is 13.9 Å². The van der Waals surface area contributed by atoms with E-state index in [9.17, 15) is 9.18 Å².